The number of hydrogen-bond acceptors (Lipinski definition) is 6. The number of thiazole rings is 1. The lowest BCUT2D eigenvalue weighted by atomic mass is 10.1. The number of carbonyl (C=O) groups is 1. The summed E-state index contributed by atoms with van der Waals surface area (Å²) in [5.74, 6) is -1.76. The Morgan fingerprint density at radius 3 is 2.56 bits per heavy atom. The fourth-order valence-electron chi connectivity index (χ4n) is 2.92. The molecule has 0 saturated heterocycles. The number of benzene rings is 3. The Bertz CT molecular complexity index is 1390. The number of carboxylic acid groups (broad SMARTS) is 1. The van der Waals surface area contributed by atoms with Crippen LogP contribution in [0.5, 0.6) is 0 Å². The van der Waals surface area contributed by atoms with E-state index in [2.05, 4.69) is 20.5 Å². The number of azo groups is 1. The topological polar surface area (TPSA) is 86.9 Å². The number of alkyl halides is 3. The first-order chi connectivity index (χ1) is 16.2. The van der Waals surface area contributed by atoms with E-state index in [4.69, 9.17) is 5.11 Å². The predicted octanol–water partition coefficient (Wildman–Crippen LogP) is 7.83. The lowest BCUT2D eigenvalue weighted by Gasteiger charge is -2.09. The van der Waals surface area contributed by atoms with Crippen molar-refractivity contribution in [3.8, 4) is 11.3 Å². The Kier molecular flexibility index (Phi) is 6.37. The number of carboxylic acids is 1. The zero-order chi connectivity index (χ0) is 24.3. The third-order valence-corrected chi connectivity index (χ3v) is 5.31. The molecule has 0 unspecified atom stereocenters. The molecule has 1 heterocycles. The van der Waals surface area contributed by atoms with Gasteiger partial charge in [-0.15, -0.1) is 16.5 Å². The van der Waals surface area contributed by atoms with E-state index in [1.165, 1.54) is 65.9 Å². The van der Waals surface area contributed by atoms with E-state index in [9.17, 15) is 22.4 Å². The average Bonchev–Trinajstić information content (AvgIpc) is 3.27. The van der Waals surface area contributed by atoms with Gasteiger partial charge in [0.05, 0.1) is 22.5 Å². The maximum Gasteiger partial charge on any atom is 0.416 e. The van der Waals surface area contributed by atoms with Gasteiger partial charge < -0.3 is 10.4 Å². The molecule has 0 aliphatic rings. The molecule has 172 valence electrons. The number of hydrogen-bond donors (Lipinski definition) is 2. The Labute approximate surface area is 194 Å². The van der Waals surface area contributed by atoms with Crippen molar-refractivity contribution in [3.05, 3.63) is 89.1 Å². The smallest absolute Gasteiger partial charge is 0.416 e. The Morgan fingerprint density at radius 1 is 1.00 bits per heavy atom. The van der Waals surface area contributed by atoms with Crippen LogP contribution in [0.25, 0.3) is 11.3 Å². The Hall–Kier alpha value is -4.12. The molecular weight excluding hydrogens is 472 g/mol. The van der Waals surface area contributed by atoms with Crippen molar-refractivity contribution in [2.45, 2.75) is 6.18 Å². The van der Waals surface area contributed by atoms with Gasteiger partial charge in [-0.05, 0) is 54.6 Å². The highest BCUT2D eigenvalue weighted by Gasteiger charge is 2.30. The second-order valence-corrected chi connectivity index (χ2v) is 7.82. The zero-order valence-corrected chi connectivity index (χ0v) is 17.9. The number of nitrogens with one attached hydrogen (secondary N) is 1. The molecule has 0 radical (unpaired) electrons. The van der Waals surface area contributed by atoms with Crippen molar-refractivity contribution >= 4 is 39.5 Å². The fraction of sp³-hybridized carbons (Fsp3) is 0.0435. The zero-order valence-electron chi connectivity index (χ0n) is 17.0. The molecule has 0 aliphatic heterocycles. The summed E-state index contributed by atoms with van der Waals surface area (Å²) in [4.78, 5) is 15.4. The second-order valence-electron chi connectivity index (χ2n) is 6.96. The van der Waals surface area contributed by atoms with Crippen LogP contribution in [0.15, 0.2) is 82.3 Å². The Morgan fingerprint density at radius 2 is 1.79 bits per heavy atom. The molecule has 0 bridgehead atoms. The average molecular weight is 486 g/mol. The molecule has 0 spiro atoms. The summed E-state index contributed by atoms with van der Waals surface area (Å²) >= 11 is 1.17. The molecule has 0 saturated carbocycles. The van der Waals surface area contributed by atoms with Gasteiger partial charge in [-0.2, -0.15) is 18.3 Å². The summed E-state index contributed by atoms with van der Waals surface area (Å²) in [5, 5.41) is 21.7. The molecule has 0 fully saturated rings. The molecule has 0 amide bonds. The molecule has 4 rings (SSSR count). The van der Waals surface area contributed by atoms with E-state index in [-0.39, 0.29) is 22.6 Å². The van der Waals surface area contributed by atoms with Gasteiger partial charge in [-0.1, -0.05) is 12.1 Å². The minimum absolute atomic E-state index is 0.0222. The largest absolute Gasteiger partial charge is 0.478 e. The van der Waals surface area contributed by atoms with Crippen molar-refractivity contribution in [2.24, 2.45) is 10.2 Å². The SMILES string of the molecule is O=C(O)c1cccc(N=Nc2cc(-c3csc(Nc4cccc(C(F)(F)F)c4)n3)ccc2F)c1. The minimum Gasteiger partial charge on any atom is -0.478 e. The van der Waals surface area contributed by atoms with Gasteiger partial charge >= 0.3 is 12.1 Å². The summed E-state index contributed by atoms with van der Waals surface area (Å²) in [5.41, 5.74) is 0.606. The third-order valence-electron chi connectivity index (χ3n) is 4.55. The number of anilines is 2. The maximum atomic E-state index is 14.3. The molecule has 0 atom stereocenters. The number of aromatic nitrogens is 1. The lowest BCUT2D eigenvalue weighted by Crippen LogP contribution is -2.05. The first kappa shape index (κ1) is 23.1. The quantitative estimate of drug-likeness (QED) is 0.215. The van der Waals surface area contributed by atoms with Crippen molar-refractivity contribution in [1.29, 1.82) is 0 Å². The van der Waals surface area contributed by atoms with Crippen LogP contribution in [0.1, 0.15) is 15.9 Å². The van der Waals surface area contributed by atoms with E-state index in [0.29, 0.717) is 16.4 Å². The van der Waals surface area contributed by atoms with Gasteiger partial charge in [0.15, 0.2) is 10.9 Å². The molecule has 6 nitrogen and oxygen atoms in total. The summed E-state index contributed by atoms with van der Waals surface area (Å²) < 4.78 is 53.0. The first-order valence-corrected chi connectivity index (χ1v) is 10.5. The molecule has 11 heteroatoms. The van der Waals surface area contributed by atoms with Crippen LogP contribution >= 0.6 is 11.3 Å². The highest BCUT2D eigenvalue weighted by molar-refractivity contribution is 7.14. The van der Waals surface area contributed by atoms with Crippen molar-refractivity contribution < 1.29 is 27.5 Å². The summed E-state index contributed by atoms with van der Waals surface area (Å²) in [6, 6.07) is 14.6. The highest BCUT2D eigenvalue weighted by atomic mass is 32.1. The van der Waals surface area contributed by atoms with Gasteiger partial charge in [-0.25, -0.2) is 14.2 Å². The Balaban J connectivity index is 1.55. The van der Waals surface area contributed by atoms with Crippen LogP contribution in [-0.4, -0.2) is 16.1 Å². The molecule has 34 heavy (non-hydrogen) atoms. The van der Waals surface area contributed by atoms with E-state index in [1.807, 2.05) is 0 Å². The van der Waals surface area contributed by atoms with E-state index >= 15 is 0 Å². The fourth-order valence-corrected chi connectivity index (χ4v) is 3.66. The maximum absolute atomic E-state index is 14.3. The summed E-state index contributed by atoms with van der Waals surface area (Å²) in [6.07, 6.45) is -4.46. The highest BCUT2D eigenvalue weighted by Crippen LogP contribution is 2.34. The van der Waals surface area contributed by atoms with Gasteiger partial charge in [0.25, 0.3) is 0 Å². The van der Waals surface area contributed by atoms with Crippen LogP contribution in [-0.2, 0) is 6.18 Å². The number of halogens is 4. The second kappa shape index (κ2) is 9.40. The third kappa shape index (κ3) is 5.44. The van der Waals surface area contributed by atoms with Crippen molar-refractivity contribution in [2.75, 3.05) is 5.32 Å². The van der Waals surface area contributed by atoms with Gasteiger partial charge in [0.2, 0.25) is 0 Å². The van der Waals surface area contributed by atoms with E-state index in [1.54, 1.807) is 5.38 Å². The van der Waals surface area contributed by atoms with Crippen LogP contribution < -0.4 is 5.32 Å². The standard InChI is InChI=1S/C23H14F4N4O2S/c24-18-8-7-13(10-19(18)31-30-17-6-1-3-14(9-17)21(32)33)20-12-34-22(29-20)28-16-5-2-4-15(11-16)23(25,26)27/h1-12H,(H,28,29)(H,32,33). The van der Waals surface area contributed by atoms with Gasteiger partial charge in [0.1, 0.15) is 5.69 Å². The van der Waals surface area contributed by atoms with Gasteiger partial charge in [0, 0.05) is 16.6 Å². The van der Waals surface area contributed by atoms with E-state index in [0.717, 1.165) is 12.1 Å². The number of aromatic carboxylic acids is 1. The van der Waals surface area contributed by atoms with Crippen LogP contribution in [0, 0.1) is 5.82 Å². The molecule has 3 aromatic carbocycles. The number of rotatable bonds is 6. The monoisotopic (exact) mass is 486 g/mol. The molecular formula is C23H14F4N4O2S. The summed E-state index contributed by atoms with van der Waals surface area (Å²) in [7, 11) is 0. The molecule has 0 aliphatic carbocycles. The summed E-state index contributed by atoms with van der Waals surface area (Å²) in [6.45, 7) is 0. The predicted molar refractivity (Wildman–Crippen MR) is 120 cm³/mol. The van der Waals surface area contributed by atoms with Gasteiger partial charge in [-0.3, -0.25) is 0 Å². The minimum atomic E-state index is -4.46. The molecule has 1 aromatic heterocycles. The van der Waals surface area contributed by atoms with E-state index < -0.39 is 23.5 Å². The number of nitrogens with zero attached hydrogens (tertiary/aromatic N) is 3. The van der Waals surface area contributed by atoms with Crippen LogP contribution in [0.4, 0.5) is 39.8 Å². The van der Waals surface area contributed by atoms with Crippen molar-refractivity contribution in [3.63, 3.8) is 0 Å². The lowest BCUT2D eigenvalue weighted by molar-refractivity contribution is -0.137. The molecule has 4 aromatic rings. The van der Waals surface area contributed by atoms with Crippen molar-refractivity contribution in [1.82, 2.24) is 4.98 Å². The normalized spacial score (nSPS) is 11.6. The van der Waals surface area contributed by atoms with Crippen LogP contribution in [0.3, 0.4) is 0 Å². The molecule has 2 N–H and O–H groups in total. The van der Waals surface area contributed by atoms with Crippen LogP contribution in [0.2, 0.25) is 0 Å². The first-order valence-electron chi connectivity index (χ1n) is 9.64.